The van der Waals surface area contributed by atoms with Crippen molar-refractivity contribution in [2.24, 2.45) is 0 Å². The van der Waals surface area contributed by atoms with Crippen LogP contribution in [0.4, 0.5) is 0 Å². The Morgan fingerprint density at radius 3 is 1.88 bits per heavy atom. The number of ether oxygens (including phenoxy) is 1. The van der Waals surface area contributed by atoms with Gasteiger partial charge in [-0.2, -0.15) is 9.97 Å². The van der Waals surface area contributed by atoms with E-state index in [2.05, 4.69) is 138 Å². The van der Waals surface area contributed by atoms with Gasteiger partial charge in [-0.25, -0.2) is 4.98 Å². The van der Waals surface area contributed by atoms with Gasteiger partial charge in [-0.15, -0.1) is 0 Å². The second kappa shape index (κ2) is 11.6. The smallest absolute Gasteiger partial charge is 0.238 e. The minimum absolute atomic E-state index is 0.539. The summed E-state index contributed by atoms with van der Waals surface area (Å²) >= 11 is 0. The molecular weight excluding hydrogens is 713 g/mol. The summed E-state index contributed by atoms with van der Waals surface area (Å²) in [4.78, 5) is 15.9. The lowest BCUT2D eigenvalue weighted by Crippen LogP contribution is -2.32. The number of fused-ring (bicyclic) bond motifs is 15. The van der Waals surface area contributed by atoms with E-state index in [1.807, 2.05) is 48.5 Å². The predicted molar refractivity (Wildman–Crippen MR) is 230 cm³/mol. The average Bonchev–Trinajstić information content (AvgIpc) is 3.92. The molecule has 0 bridgehead atoms. The molecule has 0 saturated carbocycles. The molecule has 0 atom stereocenters. The minimum Gasteiger partial charge on any atom is -0.457 e. The summed E-state index contributed by atoms with van der Waals surface area (Å²) in [6.07, 6.45) is 0. The fourth-order valence-corrected chi connectivity index (χ4v) is 9.79. The number of hydrogen-bond donors (Lipinski definition) is 0. The zero-order chi connectivity index (χ0) is 38.0. The van der Waals surface area contributed by atoms with Gasteiger partial charge in [0.15, 0.2) is 11.6 Å². The molecule has 2 aliphatic rings. The van der Waals surface area contributed by atoms with Crippen molar-refractivity contribution in [3.63, 3.8) is 0 Å². The van der Waals surface area contributed by atoms with Gasteiger partial charge in [0.25, 0.3) is 0 Å². The van der Waals surface area contributed by atoms with E-state index < -0.39 is 5.41 Å². The van der Waals surface area contributed by atoms with E-state index in [0.717, 1.165) is 77.5 Å². The van der Waals surface area contributed by atoms with Crippen LogP contribution in [0.5, 0.6) is 11.5 Å². The lowest BCUT2D eigenvalue weighted by atomic mass is 9.66. The molecule has 4 heterocycles. The highest BCUT2D eigenvalue weighted by atomic mass is 16.5. The topological polar surface area (TPSA) is 66.0 Å². The van der Waals surface area contributed by atoms with Gasteiger partial charge < -0.3 is 9.15 Å². The van der Waals surface area contributed by atoms with Gasteiger partial charge in [0.2, 0.25) is 5.95 Å². The van der Waals surface area contributed by atoms with Crippen LogP contribution in [0, 0.1) is 0 Å². The molecule has 0 unspecified atom stereocenters. The molecule has 6 nitrogen and oxygen atoms in total. The quantitative estimate of drug-likeness (QED) is 0.180. The number of nitrogens with zero attached hydrogens (tertiary/aromatic N) is 4. The van der Waals surface area contributed by atoms with E-state index in [1.54, 1.807) is 0 Å². The van der Waals surface area contributed by atoms with Gasteiger partial charge in [-0.3, -0.25) is 4.57 Å². The Morgan fingerprint density at radius 1 is 0.414 bits per heavy atom. The van der Waals surface area contributed by atoms with Crippen LogP contribution in [0.3, 0.4) is 0 Å². The van der Waals surface area contributed by atoms with Crippen LogP contribution in [0.1, 0.15) is 22.3 Å². The van der Waals surface area contributed by atoms with Crippen LogP contribution >= 0.6 is 0 Å². The van der Waals surface area contributed by atoms with Gasteiger partial charge >= 0.3 is 0 Å². The standard InChI is InChI=1S/C52H30N4O2/c1-2-15-31(16-3-1)49-53-50(35-20-14-28-47-48(35)34-19-6-11-25-44(34)57-47)55-51(54-49)56-42-24-10-5-18-33(42)37-29-36-32-17-4-7-21-38(32)52(41(36)30-43(37)56)39-22-8-12-26-45(39)58-46-27-13-9-23-40(46)52/h1-30H. The fraction of sp³-hybridized carbons (Fsp3) is 0.0192. The Morgan fingerprint density at radius 2 is 1.05 bits per heavy atom. The Hall–Kier alpha value is -7.83. The molecule has 3 aromatic heterocycles. The van der Waals surface area contributed by atoms with Gasteiger partial charge in [-0.05, 0) is 64.7 Å². The number of para-hydroxylation sites is 4. The van der Waals surface area contributed by atoms with Crippen molar-refractivity contribution >= 4 is 43.7 Å². The molecule has 0 fully saturated rings. The molecule has 270 valence electrons. The van der Waals surface area contributed by atoms with E-state index in [9.17, 15) is 0 Å². The zero-order valence-corrected chi connectivity index (χ0v) is 30.9. The summed E-state index contributed by atoms with van der Waals surface area (Å²) in [6, 6.07) is 63.6. The van der Waals surface area contributed by atoms with Gasteiger partial charge in [0.05, 0.1) is 16.4 Å². The van der Waals surface area contributed by atoms with Crippen molar-refractivity contribution < 1.29 is 9.15 Å². The van der Waals surface area contributed by atoms with E-state index in [1.165, 1.54) is 22.3 Å². The number of rotatable bonds is 3. The Kier molecular flexibility index (Phi) is 6.28. The third kappa shape index (κ3) is 4.13. The first-order valence-electron chi connectivity index (χ1n) is 19.5. The maximum absolute atomic E-state index is 6.65. The number of benzene rings is 8. The fourth-order valence-electron chi connectivity index (χ4n) is 9.79. The van der Waals surface area contributed by atoms with Crippen molar-refractivity contribution in [3.05, 3.63) is 204 Å². The molecule has 6 heteroatoms. The molecule has 1 spiro atoms. The van der Waals surface area contributed by atoms with Crippen LogP contribution in [0.2, 0.25) is 0 Å². The van der Waals surface area contributed by atoms with E-state index in [4.69, 9.17) is 24.1 Å². The van der Waals surface area contributed by atoms with Crippen molar-refractivity contribution in [2.75, 3.05) is 0 Å². The maximum atomic E-state index is 6.65. The second-order valence-electron chi connectivity index (χ2n) is 15.1. The molecular formula is C52H30N4O2. The summed E-state index contributed by atoms with van der Waals surface area (Å²) in [6.45, 7) is 0. The molecule has 58 heavy (non-hydrogen) atoms. The highest BCUT2D eigenvalue weighted by molar-refractivity contribution is 6.13. The second-order valence-corrected chi connectivity index (χ2v) is 15.1. The third-order valence-corrected chi connectivity index (χ3v) is 12.1. The monoisotopic (exact) mass is 742 g/mol. The predicted octanol–water partition coefficient (Wildman–Crippen LogP) is 12.7. The maximum Gasteiger partial charge on any atom is 0.238 e. The number of aromatic nitrogens is 4. The molecule has 1 aliphatic carbocycles. The van der Waals surface area contributed by atoms with Gasteiger partial charge in [0, 0.05) is 43.8 Å². The van der Waals surface area contributed by atoms with Gasteiger partial charge in [-0.1, -0.05) is 140 Å². The molecule has 8 aromatic carbocycles. The SMILES string of the molecule is c1ccc(-c2nc(-c3cccc4oc5ccccc5c34)nc(-n3c4ccccc4c4cc5c(cc43)C3(c4ccccc4Oc4ccccc43)c3ccccc3-5)n2)cc1. The minimum atomic E-state index is -0.621. The molecule has 13 rings (SSSR count). The van der Waals surface area contributed by atoms with Crippen molar-refractivity contribution in [2.45, 2.75) is 5.41 Å². The summed E-state index contributed by atoms with van der Waals surface area (Å²) in [5, 5.41) is 4.25. The molecule has 0 N–H and O–H groups in total. The molecule has 0 radical (unpaired) electrons. The lowest BCUT2D eigenvalue weighted by molar-refractivity contribution is 0.436. The highest BCUT2D eigenvalue weighted by Gasteiger charge is 2.51. The molecule has 1 aliphatic heterocycles. The van der Waals surface area contributed by atoms with Crippen LogP contribution in [-0.4, -0.2) is 19.5 Å². The average molecular weight is 743 g/mol. The van der Waals surface area contributed by atoms with Crippen LogP contribution in [0.25, 0.3) is 83.6 Å². The summed E-state index contributed by atoms with van der Waals surface area (Å²) < 4.78 is 15.2. The summed E-state index contributed by atoms with van der Waals surface area (Å²) in [5.74, 6) is 3.43. The van der Waals surface area contributed by atoms with Crippen LogP contribution in [0.15, 0.2) is 186 Å². The molecule has 11 aromatic rings. The number of furan rings is 1. The largest absolute Gasteiger partial charge is 0.457 e. The van der Waals surface area contributed by atoms with Crippen molar-refractivity contribution in [1.82, 2.24) is 19.5 Å². The normalized spacial score (nSPS) is 13.4. The van der Waals surface area contributed by atoms with Gasteiger partial charge in [0.1, 0.15) is 22.7 Å². The third-order valence-electron chi connectivity index (χ3n) is 12.1. The summed E-state index contributed by atoms with van der Waals surface area (Å²) in [7, 11) is 0. The van der Waals surface area contributed by atoms with Crippen LogP contribution < -0.4 is 4.74 Å². The van der Waals surface area contributed by atoms with E-state index in [0.29, 0.717) is 17.6 Å². The lowest BCUT2D eigenvalue weighted by Gasteiger charge is -2.39. The number of hydrogen-bond acceptors (Lipinski definition) is 5. The Labute approximate surface area is 332 Å². The first-order valence-corrected chi connectivity index (χ1v) is 19.5. The summed E-state index contributed by atoms with van der Waals surface area (Å²) in [5.41, 5.74) is 11.9. The van der Waals surface area contributed by atoms with E-state index >= 15 is 0 Å². The first kappa shape index (κ1) is 31.4. The Balaban J connectivity index is 1.15. The molecule has 0 amide bonds. The van der Waals surface area contributed by atoms with E-state index in [-0.39, 0.29) is 0 Å². The Bertz CT molecular complexity index is 3460. The first-order chi connectivity index (χ1) is 28.8. The zero-order valence-electron chi connectivity index (χ0n) is 30.9. The molecule has 0 saturated heterocycles. The van der Waals surface area contributed by atoms with Crippen LogP contribution in [-0.2, 0) is 5.41 Å². The van der Waals surface area contributed by atoms with Crippen molar-refractivity contribution in [1.29, 1.82) is 0 Å². The highest BCUT2D eigenvalue weighted by Crippen LogP contribution is 2.62. The van der Waals surface area contributed by atoms with Crippen molar-refractivity contribution in [3.8, 4) is 51.3 Å².